The molecule has 2 nitrogen and oxygen atoms in total. The minimum Gasteiger partial charge on any atom is -0.481 e. The van der Waals surface area contributed by atoms with Crippen molar-refractivity contribution in [1.29, 1.82) is 0 Å². The summed E-state index contributed by atoms with van der Waals surface area (Å²) in [5, 5.41) is 9.52. The average molecular weight is 282 g/mol. The van der Waals surface area contributed by atoms with Crippen LogP contribution in [0.2, 0.25) is 0 Å². The topological polar surface area (TPSA) is 37.3 Å². The van der Waals surface area contributed by atoms with E-state index < -0.39 is 11.9 Å². The summed E-state index contributed by atoms with van der Waals surface area (Å²) in [4.78, 5) is 11.6. The second-order valence-electron chi connectivity index (χ2n) is 5.91. The molecule has 2 aromatic carbocycles. The molecule has 0 saturated carbocycles. The van der Waals surface area contributed by atoms with Crippen molar-refractivity contribution in [3.8, 4) is 0 Å². The van der Waals surface area contributed by atoms with Crippen molar-refractivity contribution in [2.45, 2.75) is 39.0 Å². The molecular weight excluding hydrogens is 260 g/mol. The molecule has 0 aliphatic carbocycles. The van der Waals surface area contributed by atoms with E-state index in [4.69, 9.17) is 0 Å². The van der Waals surface area contributed by atoms with Crippen LogP contribution in [-0.4, -0.2) is 11.1 Å². The summed E-state index contributed by atoms with van der Waals surface area (Å²) < 4.78 is 0. The van der Waals surface area contributed by atoms with Crippen LogP contribution in [0, 0.1) is 6.92 Å². The fourth-order valence-electron chi connectivity index (χ4n) is 2.51. The molecule has 0 bridgehead atoms. The Morgan fingerprint density at radius 1 is 1.05 bits per heavy atom. The lowest BCUT2D eigenvalue weighted by Gasteiger charge is -2.14. The summed E-state index contributed by atoms with van der Waals surface area (Å²) in [7, 11) is 0. The first-order valence-corrected chi connectivity index (χ1v) is 7.35. The fourth-order valence-corrected chi connectivity index (χ4v) is 2.51. The summed E-state index contributed by atoms with van der Waals surface area (Å²) in [5.41, 5.74) is 4.30. The first kappa shape index (κ1) is 15.3. The summed E-state index contributed by atoms with van der Waals surface area (Å²) in [5.74, 6) is -0.769. The number of hydrogen-bond acceptors (Lipinski definition) is 1. The average Bonchev–Trinajstić information content (AvgIpc) is 2.45. The lowest BCUT2D eigenvalue weighted by atomic mass is 9.90. The van der Waals surface area contributed by atoms with Crippen LogP contribution in [0.1, 0.15) is 47.9 Å². The van der Waals surface area contributed by atoms with Gasteiger partial charge in [0.2, 0.25) is 0 Å². The highest BCUT2D eigenvalue weighted by molar-refractivity contribution is 5.76. The van der Waals surface area contributed by atoms with E-state index in [0.29, 0.717) is 12.3 Å². The van der Waals surface area contributed by atoms with Gasteiger partial charge in [-0.05, 0) is 36.0 Å². The number of carboxylic acids is 1. The van der Waals surface area contributed by atoms with Gasteiger partial charge in [-0.2, -0.15) is 0 Å². The van der Waals surface area contributed by atoms with Gasteiger partial charge in [-0.3, -0.25) is 4.79 Å². The molecule has 0 aromatic heterocycles. The second kappa shape index (κ2) is 6.57. The van der Waals surface area contributed by atoms with Gasteiger partial charge in [0.15, 0.2) is 0 Å². The van der Waals surface area contributed by atoms with Crippen molar-refractivity contribution in [3.63, 3.8) is 0 Å². The molecule has 110 valence electrons. The Labute approximate surface area is 126 Å². The van der Waals surface area contributed by atoms with Crippen LogP contribution in [0.5, 0.6) is 0 Å². The van der Waals surface area contributed by atoms with Crippen molar-refractivity contribution >= 4 is 5.97 Å². The Kier molecular flexibility index (Phi) is 4.79. The van der Waals surface area contributed by atoms with Gasteiger partial charge in [-0.1, -0.05) is 67.9 Å². The molecule has 0 heterocycles. The van der Waals surface area contributed by atoms with E-state index in [2.05, 4.69) is 26.0 Å². The third kappa shape index (κ3) is 3.94. The molecule has 2 aromatic rings. The van der Waals surface area contributed by atoms with Gasteiger partial charge < -0.3 is 5.11 Å². The highest BCUT2D eigenvalue weighted by Gasteiger charge is 2.20. The van der Waals surface area contributed by atoms with E-state index in [9.17, 15) is 9.90 Å². The minimum atomic E-state index is -0.770. The van der Waals surface area contributed by atoms with Crippen LogP contribution < -0.4 is 0 Å². The normalized spacial score (nSPS) is 12.4. The summed E-state index contributed by atoms with van der Waals surface area (Å²) in [6.45, 7) is 6.30. The molecule has 0 aliphatic heterocycles. The van der Waals surface area contributed by atoms with Crippen LogP contribution in [0.15, 0.2) is 48.5 Å². The highest BCUT2D eigenvalue weighted by atomic mass is 16.4. The Bertz CT molecular complexity index is 612. The van der Waals surface area contributed by atoms with Crippen LogP contribution >= 0.6 is 0 Å². The molecule has 0 spiro atoms. The number of benzene rings is 2. The first-order valence-electron chi connectivity index (χ1n) is 7.35. The van der Waals surface area contributed by atoms with Gasteiger partial charge >= 0.3 is 5.97 Å². The molecule has 0 aliphatic rings. The Balaban J connectivity index is 2.22. The van der Waals surface area contributed by atoms with Crippen LogP contribution in [-0.2, 0) is 11.2 Å². The number of carbonyl (C=O) groups is 1. The Morgan fingerprint density at radius 3 is 2.24 bits per heavy atom. The third-order valence-electron chi connectivity index (χ3n) is 3.83. The van der Waals surface area contributed by atoms with E-state index in [0.717, 1.165) is 16.7 Å². The molecule has 0 amide bonds. The summed E-state index contributed by atoms with van der Waals surface area (Å²) >= 11 is 0. The predicted octanol–water partition coefficient (Wildman–Crippen LogP) is 4.53. The lowest BCUT2D eigenvalue weighted by Crippen LogP contribution is -2.14. The quantitative estimate of drug-likeness (QED) is 0.874. The molecular formula is C19H22O2. The zero-order valence-electron chi connectivity index (χ0n) is 12.8. The molecule has 2 heteroatoms. The van der Waals surface area contributed by atoms with Gasteiger partial charge in [-0.15, -0.1) is 0 Å². The van der Waals surface area contributed by atoms with E-state index in [1.54, 1.807) is 0 Å². The second-order valence-corrected chi connectivity index (χ2v) is 5.91. The third-order valence-corrected chi connectivity index (χ3v) is 3.83. The first-order chi connectivity index (χ1) is 9.97. The maximum atomic E-state index is 11.6. The largest absolute Gasteiger partial charge is 0.481 e. The van der Waals surface area contributed by atoms with E-state index in [-0.39, 0.29) is 0 Å². The van der Waals surface area contributed by atoms with Crippen molar-refractivity contribution in [2.24, 2.45) is 0 Å². The van der Waals surface area contributed by atoms with Gasteiger partial charge in [0.1, 0.15) is 0 Å². The molecule has 0 saturated heterocycles. The lowest BCUT2D eigenvalue weighted by molar-refractivity contribution is -0.138. The van der Waals surface area contributed by atoms with E-state index in [1.807, 2.05) is 43.3 Å². The van der Waals surface area contributed by atoms with Crippen molar-refractivity contribution in [2.75, 3.05) is 0 Å². The molecule has 2 rings (SSSR count). The molecule has 0 fully saturated rings. The number of aryl methyl sites for hydroxylation is 1. The van der Waals surface area contributed by atoms with E-state index in [1.165, 1.54) is 5.56 Å². The standard InChI is InChI=1S/C19H22O2/c1-13(2)16-9-7-15(8-10-16)12-18(19(20)21)17-6-4-5-14(3)11-17/h4-11,13,18H,12H2,1-3H3,(H,20,21). The number of rotatable bonds is 5. The maximum Gasteiger partial charge on any atom is 0.311 e. The molecule has 1 atom stereocenters. The van der Waals surface area contributed by atoms with Crippen molar-refractivity contribution < 1.29 is 9.90 Å². The van der Waals surface area contributed by atoms with Crippen molar-refractivity contribution in [3.05, 3.63) is 70.8 Å². The number of hydrogen-bond donors (Lipinski definition) is 1. The van der Waals surface area contributed by atoms with Crippen LogP contribution in [0.3, 0.4) is 0 Å². The SMILES string of the molecule is Cc1cccc(C(Cc2ccc(C(C)C)cc2)C(=O)O)c1. The molecule has 21 heavy (non-hydrogen) atoms. The fraction of sp³-hybridized carbons (Fsp3) is 0.316. The zero-order chi connectivity index (χ0) is 15.4. The summed E-state index contributed by atoms with van der Waals surface area (Å²) in [6.07, 6.45) is 0.525. The number of aliphatic carboxylic acids is 1. The highest BCUT2D eigenvalue weighted by Crippen LogP contribution is 2.23. The van der Waals surface area contributed by atoms with E-state index >= 15 is 0 Å². The van der Waals surface area contributed by atoms with Crippen LogP contribution in [0.4, 0.5) is 0 Å². The minimum absolute atomic E-state index is 0.491. The zero-order valence-corrected chi connectivity index (χ0v) is 12.8. The maximum absolute atomic E-state index is 11.6. The predicted molar refractivity (Wildman–Crippen MR) is 85.8 cm³/mol. The molecule has 1 unspecified atom stereocenters. The molecule has 0 radical (unpaired) electrons. The molecule has 1 N–H and O–H groups in total. The van der Waals surface area contributed by atoms with Gasteiger partial charge in [0.05, 0.1) is 5.92 Å². The smallest absolute Gasteiger partial charge is 0.311 e. The Hall–Kier alpha value is -2.09. The summed E-state index contributed by atoms with van der Waals surface area (Å²) in [6, 6.07) is 16.0. The van der Waals surface area contributed by atoms with Gasteiger partial charge in [0, 0.05) is 0 Å². The Morgan fingerprint density at radius 2 is 1.71 bits per heavy atom. The van der Waals surface area contributed by atoms with Gasteiger partial charge in [0.25, 0.3) is 0 Å². The van der Waals surface area contributed by atoms with Crippen molar-refractivity contribution in [1.82, 2.24) is 0 Å². The van der Waals surface area contributed by atoms with Crippen LogP contribution in [0.25, 0.3) is 0 Å². The van der Waals surface area contributed by atoms with Gasteiger partial charge in [-0.25, -0.2) is 0 Å². The monoisotopic (exact) mass is 282 g/mol. The number of carboxylic acid groups (broad SMARTS) is 1.